The van der Waals surface area contributed by atoms with Crippen molar-refractivity contribution in [3.8, 4) is 0 Å². The molecule has 3 heteroatoms. The van der Waals surface area contributed by atoms with E-state index < -0.39 is 0 Å². The van der Waals surface area contributed by atoms with Crippen molar-refractivity contribution in [1.29, 1.82) is 0 Å². The number of carbonyl (C=O) groups excluding carboxylic acids is 1. The zero-order chi connectivity index (χ0) is 10.8. The van der Waals surface area contributed by atoms with Crippen LogP contribution in [0.5, 0.6) is 0 Å². The fourth-order valence-corrected chi connectivity index (χ4v) is 1.28. The van der Waals surface area contributed by atoms with Crippen LogP contribution in [-0.4, -0.2) is 35.6 Å². The minimum atomic E-state index is 0.0212. The van der Waals surface area contributed by atoms with Crippen LogP contribution < -0.4 is 0 Å². The minimum absolute atomic E-state index is 0.0212. The fourth-order valence-electron chi connectivity index (χ4n) is 1.28. The highest BCUT2D eigenvalue weighted by molar-refractivity contribution is 5.76. The van der Waals surface area contributed by atoms with E-state index in [0.717, 1.165) is 19.3 Å². The third-order valence-corrected chi connectivity index (χ3v) is 2.07. The number of unbranched alkanes of at least 4 members (excludes halogenated alkanes) is 2. The predicted molar refractivity (Wildman–Crippen MR) is 58.0 cm³/mol. The smallest absolute Gasteiger partial charge is 0.222 e. The molecule has 0 heterocycles. The summed E-state index contributed by atoms with van der Waals surface area (Å²) in [4.78, 5) is 13.2. The molecule has 0 saturated heterocycles. The molecule has 1 N–H and O–H groups in total. The van der Waals surface area contributed by atoms with E-state index in [1.807, 2.05) is 0 Å². The van der Waals surface area contributed by atoms with Crippen molar-refractivity contribution in [3.63, 3.8) is 0 Å². The van der Waals surface area contributed by atoms with Crippen LogP contribution in [0, 0.1) is 0 Å². The van der Waals surface area contributed by atoms with Gasteiger partial charge >= 0.3 is 0 Å². The van der Waals surface area contributed by atoms with Crippen LogP contribution in [0.1, 0.15) is 32.6 Å². The summed E-state index contributed by atoms with van der Waals surface area (Å²) in [5.41, 5.74) is 0. The van der Waals surface area contributed by atoms with Crippen molar-refractivity contribution in [2.45, 2.75) is 32.6 Å². The Hall–Kier alpha value is -0.830. The second kappa shape index (κ2) is 8.75. The van der Waals surface area contributed by atoms with Gasteiger partial charge in [-0.2, -0.15) is 0 Å². The standard InChI is InChI=1S/C11H21NO2/c1-3-5-6-7-11(14)12(8-4-2)9-10-13/h4,13H,2-3,5-10H2,1H3. The average Bonchev–Trinajstić information content (AvgIpc) is 2.18. The molecule has 0 saturated carbocycles. The number of hydrogen-bond acceptors (Lipinski definition) is 2. The number of hydrogen-bond donors (Lipinski definition) is 1. The first-order chi connectivity index (χ1) is 6.76. The van der Waals surface area contributed by atoms with E-state index in [1.165, 1.54) is 0 Å². The topological polar surface area (TPSA) is 40.5 Å². The summed E-state index contributed by atoms with van der Waals surface area (Å²) in [6, 6.07) is 0. The van der Waals surface area contributed by atoms with Crippen LogP contribution in [0.2, 0.25) is 0 Å². The maximum atomic E-state index is 11.6. The zero-order valence-electron chi connectivity index (χ0n) is 9.04. The monoisotopic (exact) mass is 199 g/mol. The Kier molecular flexibility index (Phi) is 8.24. The lowest BCUT2D eigenvalue weighted by molar-refractivity contribution is -0.131. The largest absolute Gasteiger partial charge is 0.395 e. The van der Waals surface area contributed by atoms with Crippen molar-refractivity contribution in [1.82, 2.24) is 4.90 Å². The highest BCUT2D eigenvalue weighted by Crippen LogP contribution is 2.03. The van der Waals surface area contributed by atoms with E-state index in [2.05, 4.69) is 13.5 Å². The van der Waals surface area contributed by atoms with Crippen molar-refractivity contribution in [3.05, 3.63) is 12.7 Å². The minimum Gasteiger partial charge on any atom is -0.395 e. The molecule has 0 radical (unpaired) electrons. The van der Waals surface area contributed by atoms with Gasteiger partial charge in [0.2, 0.25) is 5.91 Å². The second-order valence-electron chi connectivity index (χ2n) is 3.31. The molecule has 82 valence electrons. The molecule has 3 nitrogen and oxygen atoms in total. The van der Waals surface area contributed by atoms with Crippen molar-refractivity contribution in [2.24, 2.45) is 0 Å². The SMILES string of the molecule is C=CCN(CCO)C(=O)CCCCC. The predicted octanol–water partition coefficient (Wildman–Crippen LogP) is 1.57. The van der Waals surface area contributed by atoms with E-state index >= 15 is 0 Å². The third kappa shape index (κ3) is 5.75. The molecule has 0 spiro atoms. The van der Waals surface area contributed by atoms with Gasteiger partial charge < -0.3 is 10.0 Å². The van der Waals surface area contributed by atoms with Crippen LogP contribution in [0.25, 0.3) is 0 Å². The van der Waals surface area contributed by atoms with Gasteiger partial charge in [0.15, 0.2) is 0 Å². The van der Waals surface area contributed by atoms with Gasteiger partial charge in [-0.05, 0) is 6.42 Å². The maximum Gasteiger partial charge on any atom is 0.222 e. The quantitative estimate of drug-likeness (QED) is 0.476. The van der Waals surface area contributed by atoms with Gasteiger partial charge in [0, 0.05) is 19.5 Å². The van der Waals surface area contributed by atoms with Crippen LogP contribution >= 0.6 is 0 Å². The van der Waals surface area contributed by atoms with Crippen molar-refractivity contribution >= 4 is 5.91 Å². The number of amides is 1. The van der Waals surface area contributed by atoms with Gasteiger partial charge in [-0.3, -0.25) is 4.79 Å². The molecule has 0 aliphatic heterocycles. The molecule has 0 atom stereocenters. The molecule has 0 aromatic heterocycles. The van der Waals surface area contributed by atoms with Crippen molar-refractivity contribution in [2.75, 3.05) is 19.7 Å². The first-order valence-electron chi connectivity index (χ1n) is 5.25. The third-order valence-electron chi connectivity index (χ3n) is 2.07. The zero-order valence-corrected chi connectivity index (χ0v) is 9.04. The van der Waals surface area contributed by atoms with Gasteiger partial charge in [0.1, 0.15) is 0 Å². The van der Waals surface area contributed by atoms with E-state index in [9.17, 15) is 4.79 Å². The summed E-state index contributed by atoms with van der Waals surface area (Å²) >= 11 is 0. The number of carbonyl (C=O) groups is 1. The van der Waals surface area contributed by atoms with E-state index in [1.54, 1.807) is 11.0 Å². The summed E-state index contributed by atoms with van der Waals surface area (Å²) in [5.74, 6) is 0.118. The number of aliphatic hydroxyl groups excluding tert-OH is 1. The first-order valence-corrected chi connectivity index (χ1v) is 5.25. The fraction of sp³-hybridized carbons (Fsp3) is 0.727. The van der Waals surface area contributed by atoms with Crippen LogP contribution in [0.4, 0.5) is 0 Å². The number of nitrogens with zero attached hydrogens (tertiary/aromatic N) is 1. The molecule has 0 fully saturated rings. The van der Waals surface area contributed by atoms with E-state index in [-0.39, 0.29) is 12.5 Å². The van der Waals surface area contributed by atoms with E-state index in [4.69, 9.17) is 5.11 Å². The molecule has 1 amide bonds. The summed E-state index contributed by atoms with van der Waals surface area (Å²) in [5, 5.41) is 8.76. The Morgan fingerprint density at radius 2 is 2.21 bits per heavy atom. The Morgan fingerprint density at radius 3 is 2.71 bits per heavy atom. The lowest BCUT2D eigenvalue weighted by atomic mass is 10.2. The number of aliphatic hydroxyl groups is 1. The summed E-state index contributed by atoms with van der Waals surface area (Å²) in [6.07, 6.45) is 5.42. The molecule has 0 aromatic rings. The molecule has 14 heavy (non-hydrogen) atoms. The number of rotatable bonds is 8. The average molecular weight is 199 g/mol. The second-order valence-corrected chi connectivity index (χ2v) is 3.31. The molecular weight excluding hydrogens is 178 g/mol. The summed E-state index contributed by atoms with van der Waals surface area (Å²) < 4.78 is 0. The normalized spacial score (nSPS) is 9.86. The molecule has 0 aliphatic carbocycles. The Morgan fingerprint density at radius 1 is 1.50 bits per heavy atom. The van der Waals surface area contributed by atoms with Gasteiger partial charge in [-0.25, -0.2) is 0 Å². The highest BCUT2D eigenvalue weighted by atomic mass is 16.3. The lowest BCUT2D eigenvalue weighted by Gasteiger charge is -2.19. The van der Waals surface area contributed by atoms with E-state index in [0.29, 0.717) is 19.5 Å². The van der Waals surface area contributed by atoms with Gasteiger partial charge in [0.25, 0.3) is 0 Å². The Labute approximate surface area is 86.4 Å². The summed E-state index contributed by atoms with van der Waals surface area (Å²) in [6.45, 7) is 6.66. The lowest BCUT2D eigenvalue weighted by Crippen LogP contribution is -2.33. The molecule has 0 bridgehead atoms. The maximum absolute atomic E-state index is 11.6. The summed E-state index contributed by atoms with van der Waals surface area (Å²) in [7, 11) is 0. The molecule has 0 unspecified atom stereocenters. The first kappa shape index (κ1) is 13.2. The van der Waals surface area contributed by atoms with Crippen LogP contribution in [-0.2, 0) is 4.79 Å². The molecular formula is C11H21NO2. The molecule has 0 aliphatic rings. The Bertz CT molecular complexity index is 169. The highest BCUT2D eigenvalue weighted by Gasteiger charge is 2.09. The van der Waals surface area contributed by atoms with Crippen LogP contribution in [0.3, 0.4) is 0 Å². The Balaban J connectivity index is 3.81. The van der Waals surface area contributed by atoms with Crippen molar-refractivity contribution < 1.29 is 9.90 Å². The molecule has 0 aromatic carbocycles. The molecule has 0 rings (SSSR count). The van der Waals surface area contributed by atoms with Gasteiger partial charge in [0.05, 0.1) is 6.61 Å². The van der Waals surface area contributed by atoms with Gasteiger partial charge in [-0.15, -0.1) is 6.58 Å². The van der Waals surface area contributed by atoms with Gasteiger partial charge in [-0.1, -0.05) is 25.8 Å². The van der Waals surface area contributed by atoms with Crippen LogP contribution in [0.15, 0.2) is 12.7 Å².